The van der Waals surface area contributed by atoms with E-state index in [1.54, 1.807) is 19.1 Å². The van der Waals surface area contributed by atoms with Gasteiger partial charge in [0.25, 0.3) is 0 Å². The predicted molar refractivity (Wildman–Crippen MR) is 81.3 cm³/mol. The van der Waals surface area contributed by atoms with Gasteiger partial charge in [0.15, 0.2) is 0 Å². The highest BCUT2D eigenvalue weighted by atomic mass is 32.2. The first kappa shape index (κ1) is 15.3. The summed E-state index contributed by atoms with van der Waals surface area (Å²) in [5.74, 6) is 0. The lowest BCUT2D eigenvalue weighted by Crippen LogP contribution is -2.31. The number of hydrogen-bond donors (Lipinski definition) is 2. The van der Waals surface area contributed by atoms with Crippen molar-refractivity contribution >= 4 is 15.7 Å². The van der Waals surface area contributed by atoms with E-state index in [1.165, 1.54) is 0 Å². The summed E-state index contributed by atoms with van der Waals surface area (Å²) in [6.07, 6.45) is 3.12. The van der Waals surface area contributed by atoms with E-state index in [4.69, 9.17) is 5.73 Å². The predicted octanol–water partition coefficient (Wildman–Crippen LogP) is 1.30. The number of rotatable bonds is 8. The van der Waals surface area contributed by atoms with Crippen LogP contribution in [0.25, 0.3) is 0 Å². The Labute approximate surface area is 121 Å². The fraction of sp³-hybridized carbons (Fsp3) is 0.571. The zero-order valence-electron chi connectivity index (χ0n) is 11.9. The molecule has 1 aromatic carbocycles. The van der Waals surface area contributed by atoms with E-state index in [-0.39, 0.29) is 0 Å². The molecule has 0 spiro atoms. The second-order valence-electron chi connectivity index (χ2n) is 5.04. The van der Waals surface area contributed by atoms with Gasteiger partial charge in [0.1, 0.15) is 4.90 Å². The molecule has 0 aliphatic heterocycles. The zero-order valence-corrected chi connectivity index (χ0v) is 12.7. The molecular formula is C14H23N3O2S. The second kappa shape index (κ2) is 6.56. The third kappa shape index (κ3) is 3.50. The minimum absolute atomic E-state index is 0.366. The monoisotopic (exact) mass is 297 g/mol. The maximum atomic E-state index is 12.3. The fourth-order valence-electron chi connectivity index (χ4n) is 2.34. The van der Waals surface area contributed by atoms with Gasteiger partial charge in [-0.1, -0.05) is 19.1 Å². The van der Waals surface area contributed by atoms with Gasteiger partial charge >= 0.3 is 0 Å². The molecule has 6 heteroatoms. The molecule has 0 bridgehead atoms. The Kier molecular flexibility index (Phi) is 5.01. The number of nitrogens with one attached hydrogen (secondary N) is 1. The molecule has 1 fully saturated rings. The van der Waals surface area contributed by atoms with Crippen LogP contribution in [0.5, 0.6) is 0 Å². The fourth-order valence-corrected chi connectivity index (χ4v) is 3.59. The third-order valence-electron chi connectivity index (χ3n) is 3.39. The lowest BCUT2D eigenvalue weighted by atomic mass is 10.2. The molecule has 0 heterocycles. The molecule has 20 heavy (non-hydrogen) atoms. The zero-order chi connectivity index (χ0) is 14.6. The first-order valence-corrected chi connectivity index (χ1v) is 8.64. The largest absolute Gasteiger partial charge is 0.367 e. The molecule has 0 saturated heterocycles. The average Bonchev–Trinajstić information content (AvgIpc) is 3.24. The molecule has 0 amide bonds. The van der Waals surface area contributed by atoms with E-state index >= 15 is 0 Å². The van der Waals surface area contributed by atoms with Crippen LogP contribution in [0.4, 0.5) is 5.69 Å². The Bertz CT molecular complexity index is 541. The van der Waals surface area contributed by atoms with Gasteiger partial charge in [-0.15, -0.1) is 0 Å². The second-order valence-corrected chi connectivity index (χ2v) is 6.77. The molecule has 1 aliphatic carbocycles. The molecule has 0 atom stereocenters. The topological polar surface area (TPSA) is 75.4 Å². The van der Waals surface area contributed by atoms with Crippen LogP contribution in [-0.4, -0.2) is 34.1 Å². The van der Waals surface area contributed by atoms with Crippen LogP contribution in [0.15, 0.2) is 29.2 Å². The van der Waals surface area contributed by atoms with E-state index in [1.807, 2.05) is 12.1 Å². The van der Waals surface area contributed by atoms with Gasteiger partial charge in [0.2, 0.25) is 10.0 Å². The Morgan fingerprint density at radius 3 is 2.65 bits per heavy atom. The van der Waals surface area contributed by atoms with Crippen LogP contribution in [-0.2, 0) is 10.0 Å². The van der Waals surface area contributed by atoms with E-state index in [0.717, 1.165) is 31.5 Å². The van der Waals surface area contributed by atoms with Crippen molar-refractivity contribution in [1.82, 2.24) is 4.72 Å². The molecule has 5 nitrogen and oxygen atoms in total. The lowest BCUT2D eigenvalue weighted by Gasteiger charge is -2.26. The highest BCUT2D eigenvalue weighted by Gasteiger charge is 2.31. The molecule has 1 saturated carbocycles. The van der Waals surface area contributed by atoms with Gasteiger partial charge in [-0.25, -0.2) is 13.1 Å². The highest BCUT2D eigenvalue weighted by molar-refractivity contribution is 7.89. The minimum atomic E-state index is -3.44. The number of sulfonamides is 1. The molecule has 0 unspecified atom stereocenters. The van der Waals surface area contributed by atoms with Crippen molar-refractivity contribution in [2.24, 2.45) is 5.73 Å². The molecule has 3 N–H and O–H groups in total. The summed E-state index contributed by atoms with van der Waals surface area (Å²) in [5, 5.41) is 0. The Morgan fingerprint density at radius 1 is 1.35 bits per heavy atom. The third-order valence-corrected chi connectivity index (χ3v) is 4.98. The molecule has 0 radical (unpaired) electrons. The van der Waals surface area contributed by atoms with Crippen molar-refractivity contribution in [1.29, 1.82) is 0 Å². The van der Waals surface area contributed by atoms with Gasteiger partial charge in [0.05, 0.1) is 5.69 Å². The van der Waals surface area contributed by atoms with Crippen LogP contribution in [0, 0.1) is 0 Å². The standard InChI is InChI=1S/C14H23N3O2S/c1-2-16-20(18,19)14-7-4-3-6-13(14)17(11-5-10-15)12-8-9-12/h3-4,6-7,12,16H,2,5,8-11,15H2,1H3. The molecule has 0 aromatic heterocycles. The Morgan fingerprint density at radius 2 is 2.05 bits per heavy atom. The first-order valence-electron chi connectivity index (χ1n) is 7.15. The Hall–Kier alpha value is -1.11. The van der Waals surface area contributed by atoms with Crippen LogP contribution in [0.1, 0.15) is 26.2 Å². The van der Waals surface area contributed by atoms with Crippen molar-refractivity contribution in [2.75, 3.05) is 24.5 Å². The van der Waals surface area contributed by atoms with Crippen molar-refractivity contribution < 1.29 is 8.42 Å². The summed E-state index contributed by atoms with van der Waals surface area (Å²) in [6, 6.07) is 7.67. The van der Waals surface area contributed by atoms with Crippen molar-refractivity contribution in [3.63, 3.8) is 0 Å². The Balaban J connectivity index is 2.34. The SMILES string of the molecule is CCNS(=O)(=O)c1ccccc1N(CCCN)C1CC1. The summed E-state index contributed by atoms with van der Waals surface area (Å²) < 4.78 is 27.2. The van der Waals surface area contributed by atoms with Crippen LogP contribution >= 0.6 is 0 Å². The summed E-state index contributed by atoms with van der Waals surface area (Å²) in [4.78, 5) is 2.56. The molecule has 1 aromatic rings. The number of hydrogen-bond acceptors (Lipinski definition) is 4. The molecule has 2 rings (SSSR count). The van der Waals surface area contributed by atoms with Gasteiger partial charge in [0, 0.05) is 19.1 Å². The number of nitrogens with zero attached hydrogens (tertiary/aromatic N) is 1. The van der Waals surface area contributed by atoms with Crippen LogP contribution in [0.2, 0.25) is 0 Å². The average molecular weight is 297 g/mol. The van der Waals surface area contributed by atoms with Crippen molar-refractivity contribution in [3.8, 4) is 0 Å². The number of para-hydroxylation sites is 1. The maximum Gasteiger partial charge on any atom is 0.242 e. The normalized spacial score (nSPS) is 15.3. The highest BCUT2D eigenvalue weighted by Crippen LogP contribution is 2.35. The molecule has 1 aliphatic rings. The van der Waals surface area contributed by atoms with Gasteiger partial charge in [-0.2, -0.15) is 0 Å². The lowest BCUT2D eigenvalue weighted by molar-refractivity contribution is 0.583. The van der Waals surface area contributed by atoms with E-state index in [2.05, 4.69) is 9.62 Å². The summed E-state index contributed by atoms with van der Waals surface area (Å²) in [5.41, 5.74) is 6.39. The molecular weight excluding hydrogens is 274 g/mol. The number of anilines is 1. The first-order chi connectivity index (χ1) is 9.60. The molecule has 112 valence electrons. The van der Waals surface area contributed by atoms with Crippen LogP contribution in [0.3, 0.4) is 0 Å². The van der Waals surface area contributed by atoms with Crippen LogP contribution < -0.4 is 15.4 Å². The smallest absolute Gasteiger partial charge is 0.242 e. The maximum absolute atomic E-state index is 12.3. The summed E-state index contributed by atoms with van der Waals surface area (Å²) in [6.45, 7) is 3.60. The van der Waals surface area contributed by atoms with Gasteiger partial charge in [-0.05, 0) is 37.9 Å². The van der Waals surface area contributed by atoms with Crippen molar-refractivity contribution in [3.05, 3.63) is 24.3 Å². The number of benzene rings is 1. The van der Waals surface area contributed by atoms with Crippen molar-refractivity contribution in [2.45, 2.75) is 37.1 Å². The van der Waals surface area contributed by atoms with E-state index < -0.39 is 10.0 Å². The van der Waals surface area contributed by atoms with E-state index in [0.29, 0.717) is 24.0 Å². The summed E-state index contributed by atoms with van der Waals surface area (Å²) in [7, 11) is -3.44. The van der Waals surface area contributed by atoms with Gasteiger partial charge in [-0.3, -0.25) is 0 Å². The van der Waals surface area contributed by atoms with Gasteiger partial charge < -0.3 is 10.6 Å². The quantitative estimate of drug-likeness (QED) is 0.758. The number of nitrogens with two attached hydrogens (primary N) is 1. The minimum Gasteiger partial charge on any atom is -0.367 e. The van der Waals surface area contributed by atoms with E-state index in [9.17, 15) is 8.42 Å². The summed E-state index contributed by atoms with van der Waals surface area (Å²) >= 11 is 0.